The van der Waals surface area contributed by atoms with Crippen molar-refractivity contribution in [2.45, 2.75) is 33.2 Å². The second-order valence-electron chi connectivity index (χ2n) is 8.39. The number of morpholine rings is 1. The van der Waals surface area contributed by atoms with Crippen LogP contribution < -0.4 is 0 Å². The van der Waals surface area contributed by atoms with Crippen LogP contribution in [0.25, 0.3) is 22.3 Å². The van der Waals surface area contributed by atoms with Gasteiger partial charge in [0, 0.05) is 49.9 Å². The van der Waals surface area contributed by atoms with Crippen molar-refractivity contribution in [3.05, 3.63) is 65.4 Å². The van der Waals surface area contributed by atoms with Gasteiger partial charge in [-0.1, -0.05) is 35.5 Å². The van der Waals surface area contributed by atoms with E-state index in [-0.39, 0.29) is 0 Å². The van der Waals surface area contributed by atoms with Gasteiger partial charge in [0.2, 0.25) is 0 Å². The number of hydrogen-bond acceptors (Lipinski definition) is 6. The molecule has 0 radical (unpaired) electrons. The monoisotopic (exact) mass is 431 g/mol. The zero-order valence-corrected chi connectivity index (χ0v) is 18.8. The summed E-state index contributed by atoms with van der Waals surface area (Å²) in [7, 11) is 0. The van der Waals surface area contributed by atoms with Gasteiger partial charge in [-0.05, 0) is 31.9 Å². The lowest BCUT2D eigenvalue weighted by molar-refractivity contribution is 0.0364. The van der Waals surface area contributed by atoms with Gasteiger partial charge in [0.1, 0.15) is 17.1 Å². The lowest BCUT2D eigenvalue weighted by atomic mass is 10.1. The van der Waals surface area contributed by atoms with E-state index in [1.807, 2.05) is 20.0 Å². The molecule has 0 bridgehead atoms. The van der Waals surface area contributed by atoms with Crippen molar-refractivity contribution in [2.75, 3.05) is 32.8 Å². The zero-order valence-electron chi connectivity index (χ0n) is 18.8. The van der Waals surface area contributed by atoms with Gasteiger partial charge in [-0.2, -0.15) is 0 Å². The summed E-state index contributed by atoms with van der Waals surface area (Å²) in [4.78, 5) is 12.3. The molecule has 1 aromatic carbocycles. The van der Waals surface area contributed by atoms with Crippen LogP contribution in [0.3, 0.4) is 0 Å². The molecule has 1 saturated heterocycles. The number of ether oxygens (including phenoxy) is 1. The van der Waals surface area contributed by atoms with E-state index >= 15 is 0 Å². The van der Waals surface area contributed by atoms with E-state index in [9.17, 15) is 0 Å². The molecule has 7 nitrogen and oxygen atoms in total. The van der Waals surface area contributed by atoms with Crippen LogP contribution in [0.4, 0.5) is 0 Å². The molecular weight excluding hydrogens is 402 g/mol. The van der Waals surface area contributed by atoms with Gasteiger partial charge in [-0.15, -0.1) is 0 Å². The van der Waals surface area contributed by atoms with Crippen LogP contribution in [-0.2, 0) is 24.1 Å². The Morgan fingerprint density at radius 2 is 1.81 bits per heavy atom. The minimum atomic E-state index is 0.805. The van der Waals surface area contributed by atoms with Gasteiger partial charge in [-0.3, -0.25) is 4.90 Å². The third kappa shape index (κ3) is 4.31. The normalized spacial score (nSPS) is 14.9. The summed E-state index contributed by atoms with van der Waals surface area (Å²) >= 11 is 0. The molecule has 1 aliphatic heterocycles. The highest BCUT2D eigenvalue weighted by Crippen LogP contribution is 2.29. The Kier molecular flexibility index (Phi) is 6.01. The molecule has 1 aliphatic rings. The number of imidazole rings is 1. The minimum absolute atomic E-state index is 0.805. The van der Waals surface area contributed by atoms with Crippen molar-refractivity contribution in [1.29, 1.82) is 0 Å². The highest BCUT2D eigenvalue weighted by Gasteiger charge is 2.18. The first-order valence-electron chi connectivity index (χ1n) is 11.3. The fourth-order valence-electron chi connectivity index (χ4n) is 4.48. The van der Waals surface area contributed by atoms with Crippen molar-refractivity contribution in [2.24, 2.45) is 0 Å². The van der Waals surface area contributed by atoms with E-state index in [2.05, 4.69) is 51.0 Å². The predicted octanol–water partition coefficient (Wildman–Crippen LogP) is 3.82. The molecule has 32 heavy (non-hydrogen) atoms. The summed E-state index contributed by atoms with van der Waals surface area (Å²) in [5.41, 5.74) is 6.07. The van der Waals surface area contributed by atoms with Gasteiger partial charge in [-0.25, -0.2) is 9.97 Å². The molecule has 0 amide bonds. The average molecular weight is 432 g/mol. The standard InChI is InChI=1S/C25H29N5O2/c1-18-24(19(2)32-28-18)21-16-22-25(26-17-21)30(11-10-29-12-14-31-15-13-29)23(27-22)9-8-20-6-4-3-5-7-20/h3-7,16-17H,8-15H2,1-2H3. The Bertz CT molecular complexity index is 1170. The number of nitrogens with zero attached hydrogens (tertiary/aromatic N) is 5. The summed E-state index contributed by atoms with van der Waals surface area (Å²) < 4.78 is 13.2. The molecule has 0 unspecified atom stereocenters. The van der Waals surface area contributed by atoms with Gasteiger partial charge in [0.05, 0.1) is 18.9 Å². The van der Waals surface area contributed by atoms with Gasteiger partial charge < -0.3 is 13.8 Å². The molecule has 0 saturated carbocycles. The third-order valence-corrected chi connectivity index (χ3v) is 6.21. The number of aryl methyl sites for hydroxylation is 4. The Labute approximate surface area is 188 Å². The number of rotatable bonds is 7. The lowest BCUT2D eigenvalue weighted by Gasteiger charge is -2.26. The van der Waals surface area contributed by atoms with Crippen LogP contribution in [0.15, 0.2) is 47.1 Å². The average Bonchev–Trinajstić information content (AvgIpc) is 3.35. The molecule has 3 aromatic heterocycles. The van der Waals surface area contributed by atoms with Gasteiger partial charge in [0.15, 0.2) is 5.65 Å². The first-order valence-corrected chi connectivity index (χ1v) is 11.3. The summed E-state index contributed by atoms with van der Waals surface area (Å²) in [6.07, 6.45) is 3.76. The van der Waals surface area contributed by atoms with E-state index < -0.39 is 0 Å². The molecule has 4 heterocycles. The smallest absolute Gasteiger partial charge is 0.160 e. The molecule has 5 rings (SSSR count). The van der Waals surface area contributed by atoms with Crippen LogP contribution in [0.5, 0.6) is 0 Å². The van der Waals surface area contributed by atoms with E-state index in [1.54, 1.807) is 0 Å². The van der Waals surface area contributed by atoms with Crippen molar-refractivity contribution in [1.82, 2.24) is 24.6 Å². The van der Waals surface area contributed by atoms with Crippen molar-refractivity contribution >= 4 is 11.2 Å². The number of fused-ring (bicyclic) bond motifs is 1. The maximum atomic E-state index is 5.50. The fourth-order valence-corrected chi connectivity index (χ4v) is 4.48. The highest BCUT2D eigenvalue weighted by atomic mass is 16.5. The van der Waals surface area contributed by atoms with Crippen LogP contribution in [0.1, 0.15) is 22.8 Å². The first kappa shape index (κ1) is 20.8. The number of pyridine rings is 1. The molecule has 7 heteroatoms. The molecule has 1 fully saturated rings. The van der Waals surface area contributed by atoms with Gasteiger partial charge in [0.25, 0.3) is 0 Å². The lowest BCUT2D eigenvalue weighted by Crippen LogP contribution is -2.38. The molecule has 0 atom stereocenters. The number of hydrogen-bond donors (Lipinski definition) is 0. The fraction of sp³-hybridized carbons (Fsp3) is 0.400. The SMILES string of the molecule is Cc1noc(C)c1-c1cnc2c(c1)nc(CCc1ccccc1)n2CCN1CCOCC1. The quantitative estimate of drug-likeness (QED) is 0.443. The van der Waals surface area contributed by atoms with Crippen LogP contribution in [0, 0.1) is 13.8 Å². The molecular formula is C25H29N5O2. The van der Waals surface area contributed by atoms with E-state index in [0.29, 0.717) is 0 Å². The maximum absolute atomic E-state index is 5.50. The molecule has 0 spiro atoms. The second-order valence-corrected chi connectivity index (χ2v) is 8.39. The topological polar surface area (TPSA) is 69.2 Å². The molecule has 0 aliphatic carbocycles. The molecule has 4 aromatic rings. The summed E-state index contributed by atoms with van der Waals surface area (Å²) in [5.74, 6) is 1.89. The Hall–Kier alpha value is -3.03. The zero-order chi connectivity index (χ0) is 21.9. The van der Waals surface area contributed by atoms with Crippen LogP contribution >= 0.6 is 0 Å². The largest absolute Gasteiger partial charge is 0.379 e. The molecule has 166 valence electrons. The van der Waals surface area contributed by atoms with E-state index in [0.717, 1.165) is 91.8 Å². The number of aromatic nitrogens is 4. The van der Waals surface area contributed by atoms with Crippen LogP contribution in [0.2, 0.25) is 0 Å². The van der Waals surface area contributed by atoms with Crippen LogP contribution in [-0.4, -0.2) is 57.4 Å². The summed E-state index contributed by atoms with van der Waals surface area (Å²) in [5, 5.41) is 4.10. The highest BCUT2D eigenvalue weighted by molar-refractivity contribution is 5.80. The first-order chi connectivity index (χ1) is 15.7. The summed E-state index contributed by atoms with van der Waals surface area (Å²) in [6.45, 7) is 9.33. The summed E-state index contributed by atoms with van der Waals surface area (Å²) in [6, 6.07) is 12.7. The minimum Gasteiger partial charge on any atom is -0.379 e. The van der Waals surface area contributed by atoms with Crippen molar-refractivity contribution < 1.29 is 9.26 Å². The Morgan fingerprint density at radius 1 is 1.00 bits per heavy atom. The molecule has 0 N–H and O–H groups in total. The van der Waals surface area contributed by atoms with Crippen molar-refractivity contribution in [3.63, 3.8) is 0 Å². The third-order valence-electron chi connectivity index (χ3n) is 6.21. The Balaban J connectivity index is 1.46. The van der Waals surface area contributed by atoms with E-state index in [1.165, 1.54) is 5.56 Å². The second kappa shape index (κ2) is 9.22. The maximum Gasteiger partial charge on any atom is 0.160 e. The number of benzene rings is 1. The Morgan fingerprint density at radius 3 is 2.56 bits per heavy atom. The van der Waals surface area contributed by atoms with Gasteiger partial charge >= 0.3 is 0 Å². The predicted molar refractivity (Wildman–Crippen MR) is 124 cm³/mol. The van der Waals surface area contributed by atoms with E-state index in [4.69, 9.17) is 19.2 Å². The van der Waals surface area contributed by atoms with Crippen molar-refractivity contribution in [3.8, 4) is 11.1 Å².